The molecule has 280 valence electrons. The van der Waals surface area contributed by atoms with Crippen LogP contribution in [0.2, 0.25) is 0 Å². The summed E-state index contributed by atoms with van der Waals surface area (Å²) in [5.74, 6) is 0. The van der Waals surface area contributed by atoms with Crippen molar-refractivity contribution in [1.29, 1.82) is 0 Å². The minimum Gasteiger partial charge on any atom is -0.309 e. The van der Waals surface area contributed by atoms with Crippen molar-refractivity contribution < 1.29 is 0 Å². The van der Waals surface area contributed by atoms with Crippen LogP contribution in [0.5, 0.6) is 0 Å². The van der Waals surface area contributed by atoms with Crippen LogP contribution >= 0.6 is 11.3 Å². The second kappa shape index (κ2) is 14.1. The molecule has 0 atom stereocenters. The number of thiophene rings is 1. The average Bonchev–Trinajstić information content (AvgIpc) is 3.96. The Morgan fingerprint density at radius 3 is 1.52 bits per heavy atom. The topological polar surface area (TPSA) is 4.93 Å². The van der Waals surface area contributed by atoms with Gasteiger partial charge in [0.2, 0.25) is 0 Å². The summed E-state index contributed by atoms with van der Waals surface area (Å²) in [6.45, 7) is 0. The predicted molar refractivity (Wildman–Crippen MR) is 258 cm³/mol. The lowest BCUT2D eigenvalue weighted by molar-refractivity contribution is 1.18. The second-order valence-electron chi connectivity index (χ2n) is 15.6. The maximum atomic E-state index is 2.44. The molecule has 2 aromatic heterocycles. The van der Waals surface area contributed by atoms with Crippen LogP contribution in [0.1, 0.15) is 0 Å². The molecule has 1 nitrogen and oxygen atoms in total. The van der Waals surface area contributed by atoms with Crippen molar-refractivity contribution in [2.75, 3.05) is 0 Å². The highest BCUT2D eigenvalue weighted by molar-refractivity contribution is 7.14. The molecule has 0 amide bonds. The van der Waals surface area contributed by atoms with Crippen LogP contribution in [0.15, 0.2) is 224 Å². The van der Waals surface area contributed by atoms with E-state index < -0.39 is 0 Å². The highest BCUT2D eigenvalue weighted by atomic mass is 32.1. The summed E-state index contributed by atoms with van der Waals surface area (Å²) in [5.41, 5.74) is 14.5. The molecule has 0 N–H and O–H groups in total. The minimum atomic E-state index is 1.15. The Morgan fingerprint density at radius 1 is 0.283 bits per heavy atom. The maximum absolute atomic E-state index is 2.44. The lowest BCUT2D eigenvalue weighted by atomic mass is 9.88. The zero-order chi connectivity index (χ0) is 39.6. The summed E-state index contributed by atoms with van der Waals surface area (Å²) >= 11 is 1.81. The van der Waals surface area contributed by atoms with Crippen molar-refractivity contribution in [1.82, 2.24) is 4.57 Å². The van der Waals surface area contributed by atoms with Crippen molar-refractivity contribution in [3.8, 4) is 60.6 Å². The van der Waals surface area contributed by atoms with E-state index in [1.54, 1.807) is 0 Å². The van der Waals surface area contributed by atoms with Gasteiger partial charge in [-0.3, -0.25) is 0 Å². The number of fused-ring (bicyclic) bond motifs is 9. The molecule has 12 aromatic rings. The first-order valence-corrected chi connectivity index (χ1v) is 21.5. The first kappa shape index (κ1) is 34.5. The van der Waals surface area contributed by atoms with Crippen molar-refractivity contribution in [3.63, 3.8) is 0 Å². The number of para-hydroxylation sites is 1. The van der Waals surface area contributed by atoms with E-state index in [2.05, 4.69) is 228 Å². The monoisotopic (exact) mass is 779 g/mol. The molecule has 0 spiro atoms. The third-order valence-corrected chi connectivity index (χ3v) is 13.3. The van der Waals surface area contributed by atoms with Crippen LogP contribution in [-0.4, -0.2) is 4.57 Å². The highest BCUT2D eigenvalue weighted by Crippen LogP contribution is 2.46. The number of nitrogens with zero attached hydrogens (tertiary/aromatic N) is 1. The predicted octanol–water partition coefficient (Wildman–Crippen LogP) is 16.6. The van der Waals surface area contributed by atoms with E-state index >= 15 is 0 Å². The molecule has 0 aliphatic heterocycles. The first-order valence-electron chi connectivity index (χ1n) is 20.6. The van der Waals surface area contributed by atoms with Crippen molar-refractivity contribution in [3.05, 3.63) is 224 Å². The van der Waals surface area contributed by atoms with E-state index in [0.717, 1.165) is 5.69 Å². The third kappa shape index (κ3) is 5.61. The van der Waals surface area contributed by atoms with Gasteiger partial charge < -0.3 is 4.57 Å². The summed E-state index contributed by atoms with van der Waals surface area (Å²) in [4.78, 5) is 1.26. The zero-order valence-electron chi connectivity index (χ0n) is 32.7. The molecule has 12 rings (SSSR count). The molecule has 0 radical (unpaired) electrons. The van der Waals surface area contributed by atoms with E-state index in [9.17, 15) is 0 Å². The van der Waals surface area contributed by atoms with Gasteiger partial charge in [-0.2, -0.15) is 0 Å². The summed E-state index contributed by atoms with van der Waals surface area (Å²) in [5, 5.41) is 12.5. The Bertz CT molecular complexity index is 3540. The summed E-state index contributed by atoms with van der Waals surface area (Å²) in [6, 6.07) is 80.3. The van der Waals surface area contributed by atoms with Crippen LogP contribution in [0, 0.1) is 0 Å². The number of benzene rings is 10. The van der Waals surface area contributed by atoms with Crippen molar-refractivity contribution in [2.24, 2.45) is 0 Å². The average molecular weight is 780 g/mol. The Kier molecular flexibility index (Phi) is 8.11. The Labute approximate surface area is 352 Å². The van der Waals surface area contributed by atoms with E-state index in [-0.39, 0.29) is 0 Å². The molecule has 2 heterocycles. The molecule has 0 bridgehead atoms. The van der Waals surface area contributed by atoms with Crippen LogP contribution in [0.25, 0.3) is 115 Å². The lowest BCUT2D eigenvalue weighted by Gasteiger charge is -2.16. The minimum absolute atomic E-state index is 1.15. The fraction of sp³-hybridized carbons (Fsp3) is 0. The Hall–Kier alpha value is -7.52. The Balaban J connectivity index is 1.10. The van der Waals surface area contributed by atoms with E-state index in [1.165, 1.54) is 109 Å². The number of aromatic nitrogens is 1. The van der Waals surface area contributed by atoms with E-state index in [1.807, 2.05) is 11.3 Å². The van der Waals surface area contributed by atoms with Crippen LogP contribution in [0.3, 0.4) is 0 Å². The van der Waals surface area contributed by atoms with E-state index in [4.69, 9.17) is 0 Å². The van der Waals surface area contributed by atoms with Gasteiger partial charge in [0.25, 0.3) is 0 Å². The first-order chi connectivity index (χ1) is 29.8. The van der Waals surface area contributed by atoms with E-state index in [0.29, 0.717) is 0 Å². The normalized spacial score (nSPS) is 11.7. The molecular formula is C58H37NS. The number of hydrogen-bond acceptors (Lipinski definition) is 1. The quantitative estimate of drug-likeness (QED) is 0.148. The largest absolute Gasteiger partial charge is 0.309 e. The molecule has 0 unspecified atom stereocenters. The standard InChI is InChI=1S/C58H37NS/c1-3-14-38(15-4-1)40-26-30-44(31-27-40)59-55-24-12-11-22-52(55)58-51(23-13-25-56(58)59)53-35-42(57-36-43(37-60-57)39-16-5-2-6-17-39)29-32-45(53)41-28-33-50-48-20-8-7-18-46(48)47-19-9-10-21-49(47)54(50)34-41/h1-37H. The van der Waals surface area contributed by atoms with Gasteiger partial charge in [-0.25, -0.2) is 0 Å². The molecule has 0 fully saturated rings. The van der Waals surface area contributed by atoms with Gasteiger partial charge in [0, 0.05) is 21.3 Å². The molecule has 0 saturated heterocycles. The van der Waals surface area contributed by atoms with Crippen molar-refractivity contribution in [2.45, 2.75) is 0 Å². The van der Waals surface area contributed by atoms with Gasteiger partial charge in [0.05, 0.1) is 11.0 Å². The molecule has 0 aliphatic carbocycles. The lowest BCUT2D eigenvalue weighted by Crippen LogP contribution is -1.94. The Morgan fingerprint density at radius 2 is 0.817 bits per heavy atom. The summed E-state index contributed by atoms with van der Waals surface area (Å²) in [7, 11) is 0. The third-order valence-electron chi connectivity index (χ3n) is 12.3. The molecule has 60 heavy (non-hydrogen) atoms. The molecule has 0 saturated carbocycles. The SMILES string of the molecule is c1ccc(-c2ccc(-n3c4ccccc4c4c(-c5cc(-c6cc(-c7ccccc7)cs6)ccc5-c5ccc6c7ccccc7c7ccccc7c6c5)cccc43)cc2)cc1. The summed E-state index contributed by atoms with van der Waals surface area (Å²) in [6.07, 6.45) is 0. The number of hydrogen-bond donors (Lipinski definition) is 0. The van der Waals surface area contributed by atoms with Gasteiger partial charge in [-0.1, -0.05) is 176 Å². The fourth-order valence-electron chi connectivity index (χ4n) is 9.47. The van der Waals surface area contributed by atoms with Crippen molar-refractivity contribution >= 4 is 65.5 Å². The molecule has 0 aliphatic rings. The zero-order valence-corrected chi connectivity index (χ0v) is 33.5. The molecule has 10 aromatic carbocycles. The molecule has 2 heteroatoms. The van der Waals surface area contributed by atoms with Gasteiger partial charge in [0.1, 0.15) is 0 Å². The molecular weight excluding hydrogens is 743 g/mol. The second-order valence-corrected chi connectivity index (χ2v) is 16.6. The van der Waals surface area contributed by atoms with Crippen LogP contribution in [-0.2, 0) is 0 Å². The maximum Gasteiger partial charge on any atom is 0.0547 e. The van der Waals surface area contributed by atoms with Gasteiger partial charge >= 0.3 is 0 Å². The number of rotatable bonds is 6. The summed E-state index contributed by atoms with van der Waals surface area (Å²) < 4.78 is 2.44. The van der Waals surface area contributed by atoms with Gasteiger partial charge in [-0.15, -0.1) is 11.3 Å². The highest BCUT2D eigenvalue weighted by Gasteiger charge is 2.20. The van der Waals surface area contributed by atoms with Crippen LogP contribution < -0.4 is 0 Å². The smallest absolute Gasteiger partial charge is 0.0547 e. The fourth-order valence-corrected chi connectivity index (χ4v) is 10.4. The van der Waals surface area contributed by atoms with Crippen LogP contribution in [0.4, 0.5) is 0 Å². The van der Waals surface area contributed by atoms with Gasteiger partial charge in [0.15, 0.2) is 0 Å². The van der Waals surface area contributed by atoms with Gasteiger partial charge in [-0.05, 0) is 130 Å².